The molecule has 0 amide bonds. The maximum Gasteiger partial charge on any atom is 0.306 e. The van der Waals surface area contributed by atoms with Gasteiger partial charge in [-0.1, -0.05) is 110 Å². The number of allylic oxidation sites excluding steroid dienone is 3. The molecule has 1 saturated heterocycles. The van der Waals surface area contributed by atoms with Crippen molar-refractivity contribution < 1.29 is 9.90 Å². The molecule has 3 heterocycles. The molecule has 1 N–H and O–H groups in total. The summed E-state index contributed by atoms with van der Waals surface area (Å²) in [7, 11) is 0. The summed E-state index contributed by atoms with van der Waals surface area (Å²) in [6, 6.07) is 16.1. The van der Waals surface area contributed by atoms with E-state index < -0.39 is 5.97 Å². The molecule has 278 valence electrons. The van der Waals surface area contributed by atoms with Crippen LogP contribution in [0, 0.1) is 23.9 Å². The Bertz CT molecular complexity index is 1970. The molecule has 0 radical (unpaired) electrons. The minimum absolute atomic E-state index is 0.123. The van der Waals surface area contributed by atoms with Gasteiger partial charge in [0.25, 0.3) is 0 Å². The van der Waals surface area contributed by atoms with Crippen molar-refractivity contribution >= 4 is 19.1 Å². The Kier molecular flexibility index (Phi) is 11.3. The van der Waals surface area contributed by atoms with Gasteiger partial charge in [-0.3, -0.25) is 4.79 Å². The molecular weight excluding hydrogens is 639 g/mol. The van der Waals surface area contributed by atoms with Crippen molar-refractivity contribution in [3.8, 4) is 0 Å². The van der Waals surface area contributed by atoms with Gasteiger partial charge in [-0.2, -0.15) is 6.08 Å². The Morgan fingerprint density at radius 1 is 0.846 bits per heavy atom. The van der Waals surface area contributed by atoms with Crippen LogP contribution < -0.4 is 30.3 Å². The molecule has 1 fully saturated rings. The van der Waals surface area contributed by atoms with Gasteiger partial charge >= 0.3 is 5.97 Å². The third kappa shape index (κ3) is 7.30. The highest BCUT2D eigenvalue weighted by Crippen LogP contribution is 2.41. The standard InChI is InChI=1S/C47H63N3O2/c1-9-11-13-28-50-41-22-18-34(4)32-39(41)47(7,8)43(50)24-20-36-16-14-15-35(44(36)48-29-25-37(26-30-48)45(51)52)19-23-42-46(5,6)38-31-33(3)17-21-40(38)49(42)27-12-10-2/h17-24,31-32,36-37H,3-4,9-16,25-30H2,1-2,5-8H3,(H,51,52)/b23-19?,24-20+. The number of aliphatic carboxylic acids is 1. The van der Waals surface area contributed by atoms with Gasteiger partial charge in [-0.15, -0.1) is 18.2 Å². The first kappa shape index (κ1) is 37.8. The maximum absolute atomic E-state index is 12.0. The normalized spacial score (nSPS) is 21.6. The smallest absolute Gasteiger partial charge is 0.306 e. The van der Waals surface area contributed by atoms with Crippen LogP contribution in [0.1, 0.15) is 117 Å². The number of unbranched alkanes of at least 4 members (excludes halogenated alkanes) is 3. The zero-order chi connectivity index (χ0) is 37.2. The highest BCUT2D eigenvalue weighted by Gasteiger charge is 2.41. The van der Waals surface area contributed by atoms with E-state index in [1.54, 1.807) is 0 Å². The number of nitrogens with zero attached hydrogens (tertiary/aromatic N) is 3. The Labute approximate surface area is 313 Å². The van der Waals surface area contributed by atoms with Gasteiger partial charge in [0.15, 0.2) is 0 Å². The average molecular weight is 702 g/mol. The van der Waals surface area contributed by atoms with Crippen molar-refractivity contribution in [1.82, 2.24) is 14.1 Å². The number of carbonyl (C=O) groups is 1. The topological polar surface area (TPSA) is 46.6 Å². The number of likely N-dealkylation sites (tertiary alicyclic amines) is 1. The quantitative estimate of drug-likeness (QED) is 0.142. The van der Waals surface area contributed by atoms with E-state index in [1.165, 1.54) is 64.5 Å². The average Bonchev–Trinajstić information content (AvgIpc) is 3.45. The first-order chi connectivity index (χ1) is 24.9. The van der Waals surface area contributed by atoms with E-state index in [0.717, 1.165) is 68.7 Å². The first-order valence-electron chi connectivity index (χ1n) is 20.2. The molecular formula is C47H63N3O2. The summed E-state index contributed by atoms with van der Waals surface area (Å²) < 4.78 is 5.12. The maximum atomic E-state index is 12.0. The monoisotopic (exact) mass is 701 g/mol. The summed E-state index contributed by atoms with van der Waals surface area (Å²) in [5, 5.41) is 14.6. The van der Waals surface area contributed by atoms with Gasteiger partial charge in [0.05, 0.1) is 18.0 Å². The zero-order valence-corrected chi connectivity index (χ0v) is 32.9. The summed E-state index contributed by atoms with van der Waals surface area (Å²) in [5.41, 5.74) is 5.28. The van der Waals surface area contributed by atoms with Gasteiger partial charge in [0, 0.05) is 36.8 Å². The molecule has 0 aromatic heterocycles. The van der Waals surface area contributed by atoms with E-state index in [0.29, 0.717) is 12.8 Å². The van der Waals surface area contributed by atoms with Crippen LogP contribution in [-0.2, 0) is 15.6 Å². The highest BCUT2D eigenvalue weighted by atomic mass is 16.4. The van der Waals surface area contributed by atoms with E-state index in [1.807, 2.05) is 0 Å². The van der Waals surface area contributed by atoms with E-state index >= 15 is 0 Å². The number of hydrogen-bond donors (Lipinski definition) is 1. The highest BCUT2D eigenvalue weighted by molar-refractivity contribution is 5.70. The summed E-state index contributed by atoms with van der Waals surface area (Å²) in [6.07, 6.45) is 20.4. The lowest BCUT2D eigenvalue weighted by Gasteiger charge is -2.41. The number of benzene rings is 2. The van der Waals surface area contributed by atoms with Crippen molar-refractivity contribution in [2.45, 2.75) is 117 Å². The number of carboxylic acid groups (broad SMARTS) is 1. The third-order valence-electron chi connectivity index (χ3n) is 12.4. The number of hydrogen-bond acceptors (Lipinski definition) is 2. The van der Waals surface area contributed by atoms with Gasteiger partial charge in [0.1, 0.15) is 23.8 Å². The predicted molar refractivity (Wildman–Crippen MR) is 216 cm³/mol. The molecule has 0 bridgehead atoms. The van der Waals surface area contributed by atoms with Crippen LogP contribution in [0.25, 0.3) is 13.2 Å². The van der Waals surface area contributed by atoms with Gasteiger partial charge < -0.3 is 19.2 Å². The Hall–Kier alpha value is -3.99. The molecule has 1 unspecified atom stereocenters. The van der Waals surface area contributed by atoms with Crippen LogP contribution in [0.3, 0.4) is 0 Å². The predicted octanol–water partition coefficient (Wildman–Crippen LogP) is 6.79. The number of fused-ring (bicyclic) bond motifs is 2. The largest absolute Gasteiger partial charge is 0.481 e. The Balaban J connectivity index is 1.39. The molecule has 1 aliphatic carbocycles. The molecule has 5 nitrogen and oxygen atoms in total. The van der Waals surface area contributed by atoms with E-state index in [2.05, 4.69) is 129 Å². The summed E-state index contributed by atoms with van der Waals surface area (Å²) in [4.78, 5) is 14.5. The van der Waals surface area contributed by atoms with E-state index in [4.69, 9.17) is 0 Å². The lowest BCUT2D eigenvalue weighted by molar-refractivity contribution is -0.143. The fourth-order valence-electron chi connectivity index (χ4n) is 9.33. The van der Waals surface area contributed by atoms with E-state index in [-0.39, 0.29) is 22.7 Å². The molecule has 2 aromatic carbocycles. The zero-order valence-electron chi connectivity index (χ0n) is 32.9. The third-order valence-corrected chi connectivity index (χ3v) is 12.4. The van der Waals surface area contributed by atoms with Gasteiger partial charge in [0.2, 0.25) is 0 Å². The first-order valence-corrected chi connectivity index (χ1v) is 20.2. The van der Waals surface area contributed by atoms with Gasteiger partial charge in [-0.05, 0) is 71.0 Å². The van der Waals surface area contributed by atoms with E-state index in [9.17, 15) is 9.90 Å². The van der Waals surface area contributed by atoms with Crippen molar-refractivity contribution in [2.75, 3.05) is 26.2 Å². The molecule has 6 rings (SSSR count). The molecule has 4 aliphatic rings. The summed E-state index contributed by atoms with van der Waals surface area (Å²) >= 11 is 0. The molecule has 2 aromatic rings. The second-order valence-corrected chi connectivity index (χ2v) is 16.8. The second kappa shape index (κ2) is 15.5. The molecule has 5 heteroatoms. The van der Waals surface area contributed by atoms with Crippen LogP contribution in [0.4, 0.5) is 0 Å². The summed E-state index contributed by atoms with van der Waals surface area (Å²) in [6.45, 7) is 26.1. The molecule has 0 spiro atoms. The number of piperidine rings is 1. The Morgan fingerprint density at radius 3 is 1.96 bits per heavy atom. The second-order valence-electron chi connectivity index (χ2n) is 16.8. The summed E-state index contributed by atoms with van der Waals surface area (Å²) in [5.74, 6) is -0.639. The molecule has 1 atom stereocenters. The van der Waals surface area contributed by atoms with Crippen molar-refractivity contribution in [3.05, 3.63) is 116 Å². The fourth-order valence-corrected chi connectivity index (χ4v) is 9.33. The van der Waals surface area contributed by atoms with Crippen LogP contribution in [0.2, 0.25) is 0 Å². The van der Waals surface area contributed by atoms with Crippen molar-refractivity contribution in [3.63, 3.8) is 0 Å². The van der Waals surface area contributed by atoms with Crippen molar-refractivity contribution in [2.24, 2.45) is 11.8 Å². The molecule has 52 heavy (non-hydrogen) atoms. The van der Waals surface area contributed by atoms with Crippen LogP contribution in [0.15, 0.2) is 72.0 Å². The lowest BCUT2D eigenvalue weighted by Crippen LogP contribution is -2.39. The van der Waals surface area contributed by atoms with Crippen molar-refractivity contribution in [1.29, 1.82) is 0 Å². The van der Waals surface area contributed by atoms with Crippen LogP contribution >= 0.6 is 0 Å². The molecule has 0 saturated carbocycles. The number of carboxylic acids is 1. The van der Waals surface area contributed by atoms with Gasteiger partial charge in [-0.25, -0.2) is 0 Å². The Morgan fingerprint density at radius 2 is 1.40 bits per heavy atom. The van der Waals surface area contributed by atoms with Crippen LogP contribution in [-0.4, -0.2) is 42.2 Å². The fraction of sp³-hybridized carbons (Fsp3) is 0.511. The number of rotatable bonds is 13. The van der Waals surface area contributed by atoms with Crippen LogP contribution in [0.5, 0.6) is 0 Å². The minimum atomic E-state index is -0.654. The molecule has 3 aliphatic heterocycles. The minimum Gasteiger partial charge on any atom is -0.481 e. The lowest BCUT2D eigenvalue weighted by atomic mass is 9.77. The SMILES string of the molecule is C=c1ccc2c(c1)C(C)(C)[C-](C=CC1=C(N3CCC(C(=O)O)CC3)C(/C=C/[C-]3[N+](CCCCC)=c4ccc(=C)cc4C3(C)C)CCC1)[N+]=2CCCC.